The highest BCUT2D eigenvalue weighted by molar-refractivity contribution is 5.94. The number of amides is 2. The van der Waals surface area contributed by atoms with Gasteiger partial charge in [-0.25, -0.2) is 0 Å². The second-order valence-corrected chi connectivity index (χ2v) is 4.11. The van der Waals surface area contributed by atoms with Crippen LogP contribution in [-0.4, -0.2) is 35.3 Å². The van der Waals surface area contributed by atoms with Crippen LogP contribution in [0.5, 0.6) is 0 Å². The summed E-state index contributed by atoms with van der Waals surface area (Å²) in [5.41, 5.74) is 0. The monoisotopic (exact) mass is 212 g/mol. The lowest BCUT2D eigenvalue weighted by atomic mass is 10.0. The van der Waals surface area contributed by atoms with Crippen molar-refractivity contribution in [3.8, 4) is 0 Å². The van der Waals surface area contributed by atoms with Crippen LogP contribution in [0.4, 0.5) is 0 Å². The molecule has 4 heteroatoms. The Morgan fingerprint density at radius 3 is 2.67 bits per heavy atom. The summed E-state index contributed by atoms with van der Waals surface area (Å²) in [5, 5.41) is 2.65. The van der Waals surface area contributed by atoms with Gasteiger partial charge >= 0.3 is 0 Å². The predicted molar refractivity (Wildman–Crippen MR) is 58.3 cm³/mol. The smallest absolute Gasteiger partial charge is 0.245 e. The summed E-state index contributed by atoms with van der Waals surface area (Å²) in [6.07, 6.45) is 2.93. The lowest BCUT2D eigenvalue weighted by Crippen LogP contribution is -2.59. The maximum Gasteiger partial charge on any atom is 0.245 e. The Morgan fingerprint density at radius 1 is 1.47 bits per heavy atom. The van der Waals surface area contributed by atoms with Crippen LogP contribution in [0.2, 0.25) is 0 Å². The van der Waals surface area contributed by atoms with Crippen molar-refractivity contribution in [3.63, 3.8) is 0 Å². The van der Waals surface area contributed by atoms with Crippen molar-refractivity contribution < 1.29 is 9.59 Å². The molecule has 0 aromatic heterocycles. The van der Waals surface area contributed by atoms with E-state index in [0.717, 1.165) is 19.3 Å². The molecular formula is C11H20N2O2. The quantitative estimate of drug-likeness (QED) is 0.753. The van der Waals surface area contributed by atoms with Gasteiger partial charge in [-0.15, -0.1) is 0 Å². The Hall–Kier alpha value is -1.06. The molecule has 0 aromatic carbocycles. The van der Waals surface area contributed by atoms with E-state index in [4.69, 9.17) is 0 Å². The van der Waals surface area contributed by atoms with Crippen molar-refractivity contribution >= 4 is 11.8 Å². The predicted octanol–water partition coefficient (Wildman–Crippen LogP) is 0.912. The highest BCUT2D eigenvalue weighted by Crippen LogP contribution is 2.14. The van der Waals surface area contributed by atoms with E-state index in [9.17, 15) is 9.59 Å². The summed E-state index contributed by atoms with van der Waals surface area (Å²) in [6.45, 7) is 6.12. The molecule has 0 aliphatic carbocycles. The van der Waals surface area contributed by atoms with Gasteiger partial charge < -0.3 is 10.2 Å². The molecule has 1 aliphatic rings. The van der Waals surface area contributed by atoms with Crippen molar-refractivity contribution in [1.29, 1.82) is 0 Å². The van der Waals surface area contributed by atoms with Crippen molar-refractivity contribution in [3.05, 3.63) is 0 Å². The molecule has 1 fully saturated rings. The fraction of sp³-hybridized carbons (Fsp3) is 0.818. The number of nitrogens with zero attached hydrogens (tertiary/aromatic N) is 1. The number of hydrogen-bond acceptors (Lipinski definition) is 2. The number of carbonyl (C=O) groups is 2. The molecule has 4 nitrogen and oxygen atoms in total. The van der Waals surface area contributed by atoms with Gasteiger partial charge in [0.05, 0.1) is 6.54 Å². The normalized spacial score (nSPS) is 23.9. The van der Waals surface area contributed by atoms with Crippen LogP contribution in [0, 0.1) is 0 Å². The van der Waals surface area contributed by atoms with E-state index in [1.165, 1.54) is 0 Å². The molecule has 1 aliphatic heterocycles. The summed E-state index contributed by atoms with van der Waals surface area (Å²) in [7, 11) is 0. The third kappa shape index (κ3) is 2.70. The molecule has 15 heavy (non-hydrogen) atoms. The van der Waals surface area contributed by atoms with Crippen molar-refractivity contribution in [2.24, 2.45) is 0 Å². The van der Waals surface area contributed by atoms with Gasteiger partial charge in [-0.05, 0) is 19.8 Å². The molecule has 0 saturated carbocycles. The Labute approximate surface area is 91.0 Å². The Kier molecular flexibility index (Phi) is 4.12. The zero-order valence-electron chi connectivity index (χ0n) is 9.75. The fourth-order valence-electron chi connectivity index (χ4n) is 2.05. The van der Waals surface area contributed by atoms with Crippen LogP contribution >= 0.6 is 0 Å². The van der Waals surface area contributed by atoms with Crippen LogP contribution in [0.25, 0.3) is 0 Å². The SMILES string of the molecule is CCCC(CC)N1CC(=O)NC(C)C1=O. The Bertz CT molecular complexity index is 253. The van der Waals surface area contributed by atoms with E-state index in [0.29, 0.717) is 0 Å². The first-order valence-corrected chi connectivity index (χ1v) is 5.70. The third-order valence-electron chi connectivity index (χ3n) is 2.88. The molecule has 86 valence electrons. The van der Waals surface area contributed by atoms with Crippen LogP contribution in [0.15, 0.2) is 0 Å². The zero-order valence-corrected chi connectivity index (χ0v) is 9.75. The second kappa shape index (κ2) is 5.14. The van der Waals surface area contributed by atoms with Crippen molar-refractivity contribution in [2.45, 2.75) is 52.1 Å². The molecule has 0 spiro atoms. The molecule has 1 N–H and O–H groups in total. The maximum atomic E-state index is 11.9. The minimum Gasteiger partial charge on any atom is -0.343 e. The van der Waals surface area contributed by atoms with Crippen LogP contribution < -0.4 is 5.32 Å². The number of piperazine rings is 1. The molecule has 1 rings (SSSR count). The number of carbonyl (C=O) groups excluding carboxylic acids is 2. The topological polar surface area (TPSA) is 49.4 Å². The first-order chi connectivity index (χ1) is 7.10. The largest absolute Gasteiger partial charge is 0.343 e. The van der Waals surface area contributed by atoms with Gasteiger partial charge in [0, 0.05) is 6.04 Å². The minimum absolute atomic E-state index is 0.0448. The summed E-state index contributed by atoms with van der Waals surface area (Å²) in [5.74, 6) is 0.00607. The number of hydrogen-bond donors (Lipinski definition) is 1. The van der Waals surface area contributed by atoms with Gasteiger partial charge in [-0.1, -0.05) is 20.3 Å². The third-order valence-corrected chi connectivity index (χ3v) is 2.88. The Balaban J connectivity index is 2.72. The van der Waals surface area contributed by atoms with Crippen LogP contribution in [0.3, 0.4) is 0 Å². The van der Waals surface area contributed by atoms with E-state index >= 15 is 0 Å². The molecule has 2 atom stereocenters. The van der Waals surface area contributed by atoms with Crippen molar-refractivity contribution in [2.75, 3.05) is 6.54 Å². The lowest BCUT2D eigenvalue weighted by molar-refractivity contribution is -0.146. The highest BCUT2D eigenvalue weighted by Gasteiger charge is 2.32. The molecule has 0 radical (unpaired) electrons. The molecule has 0 bridgehead atoms. The number of rotatable bonds is 4. The fourth-order valence-corrected chi connectivity index (χ4v) is 2.05. The van der Waals surface area contributed by atoms with Crippen LogP contribution in [0.1, 0.15) is 40.0 Å². The van der Waals surface area contributed by atoms with E-state index in [2.05, 4.69) is 19.2 Å². The summed E-state index contributed by atoms with van der Waals surface area (Å²) in [6, 6.07) is -0.145. The molecule has 2 amide bonds. The zero-order chi connectivity index (χ0) is 11.4. The summed E-state index contributed by atoms with van der Waals surface area (Å²) < 4.78 is 0. The summed E-state index contributed by atoms with van der Waals surface area (Å²) in [4.78, 5) is 24.9. The standard InChI is InChI=1S/C11H20N2O2/c1-4-6-9(5-2)13-7-10(14)12-8(3)11(13)15/h8-9H,4-7H2,1-3H3,(H,12,14). The van der Waals surface area contributed by atoms with E-state index in [1.54, 1.807) is 11.8 Å². The molecule has 1 heterocycles. The average molecular weight is 212 g/mol. The van der Waals surface area contributed by atoms with Gasteiger partial charge in [-0.2, -0.15) is 0 Å². The maximum absolute atomic E-state index is 11.9. The average Bonchev–Trinajstić information content (AvgIpc) is 2.20. The van der Waals surface area contributed by atoms with Gasteiger partial charge in [0.25, 0.3) is 0 Å². The Morgan fingerprint density at radius 2 is 2.13 bits per heavy atom. The van der Waals surface area contributed by atoms with Gasteiger partial charge in [0.1, 0.15) is 6.04 Å². The van der Waals surface area contributed by atoms with Gasteiger partial charge in [0.2, 0.25) is 11.8 Å². The van der Waals surface area contributed by atoms with E-state index in [-0.39, 0.29) is 30.4 Å². The number of nitrogens with one attached hydrogen (secondary N) is 1. The molecule has 1 saturated heterocycles. The molecule has 0 aromatic rings. The molecular weight excluding hydrogens is 192 g/mol. The van der Waals surface area contributed by atoms with Gasteiger partial charge in [0.15, 0.2) is 0 Å². The van der Waals surface area contributed by atoms with E-state index < -0.39 is 0 Å². The minimum atomic E-state index is -0.364. The molecule has 2 unspecified atom stereocenters. The highest BCUT2D eigenvalue weighted by atomic mass is 16.2. The second-order valence-electron chi connectivity index (χ2n) is 4.11. The first-order valence-electron chi connectivity index (χ1n) is 5.70. The van der Waals surface area contributed by atoms with E-state index in [1.807, 2.05) is 0 Å². The first kappa shape index (κ1) is 12.0. The van der Waals surface area contributed by atoms with Crippen molar-refractivity contribution in [1.82, 2.24) is 10.2 Å². The van der Waals surface area contributed by atoms with Gasteiger partial charge in [-0.3, -0.25) is 9.59 Å². The van der Waals surface area contributed by atoms with Crippen LogP contribution in [-0.2, 0) is 9.59 Å². The lowest BCUT2D eigenvalue weighted by Gasteiger charge is -2.36. The summed E-state index contributed by atoms with van der Waals surface area (Å²) >= 11 is 0.